The zero-order chi connectivity index (χ0) is 22.9. The van der Waals surface area contributed by atoms with E-state index in [0.29, 0.717) is 10.7 Å². The molecule has 172 valence electrons. The van der Waals surface area contributed by atoms with E-state index in [1.54, 1.807) is 30.3 Å². The van der Waals surface area contributed by atoms with E-state index in [1.807, 2.05) is 24.3 Å². The van der Waals surface area contributed by atoms with Gasteiger partial charge in [0.2, 0.25) is 5.91 Å². The second-order valence-electron chi connectivity index (χ2n) is 8.82. The van der Waals surface area contributed by atoms with Gasteiger partial charge in [0.15, 0.2) is 6.10 Å². The van der Waals surface area contributed by atoms with Gasteiger partial charge in [0, 0.05) is 17.5 Å². The topological polar surface area (TPSA) is 79.0 Å². The maximum Gasteiger partial charge on any atom is 0.332 e. The molecule has 4 unspecified atom stereocenters. The predicted molar refractivity (Wildman–Crippen MR) is 124 cm³/mol. The Kier molecular flexibility index (Phi) is 6.08. The number of rotatable bonds is 5. The summed E-state index contributed by atoms with van der Waals surface area (Å²) in [6.45, 7) is 0.117. The first-order valence-corrected chi connectivity index (χ1v) is 11.8. The molecule has 5 rings (SSSR count). The fourth-order valence-corrected chi connectivity index (χ4v) is 5.49. The van der Waals surface area contributed by atoms with Crippen LogP contribution in [-0.2, 0) is 20.9 Å². The SMILES string of the molecule is O=C(CN1C(=O)N(c2ccccc2)C(=O)C2OC3CCCCC3C21)NCc1ccccc1Cl. The van der Waals surface area contributed by atoms with Crippen molar-refractivity contribution in [3.05, 3.63) is 65.2 Å². The number of carbonyl (C=O) groups is 3. The van der Waals surface area contributed by atoms with Crippen LogP contribution in [0.15, 0.2) is 54.6 Å². The van der Waals surface area contributed by atoms with Gasteiger partial charge in [-0.25, -0.2) is 9.69 Å². The third-order valence-electron chi connectivity index (χ3n) is 6.85. The average Bonchev–Trinajstić information content (AvgIpc) is 3.22. The number of fused-ring (bicyclic) bond motifs is 3. The molecule has 0 spiro atoms. The van der Waals surface area contributed by atoms with Gasteiger partial charge >= 0.3 is 6.03 Å². The van der Waals surface area contributed by atoms with Gasteiger partial charge in [0.1, 0.15) is 6.54 Å². The number of hydrogen-bond donors (Lipinski definition) is 1. The molecule has 7 nitrogen and oxygen atoms in total. The van der Waals surface area contributed by atoms with Crippen molar-refractivity contribution in [1.29, 1.82) is 0 Å². The van der Waals surface area contributed by atoms with Crippen LogP contribution in [0.2, 0.25) is 5.02 Å². The maximum atomic E-state index is 13.6. The van der Waals surface area contributed by atoms with Gasteiger partial charge in [-0.05, 0) is 36.6 Å². The first-order valence-electron chi connectivity index (χ1n) is 11.4. The lowest BCUT2D eigenvalue weighted by Crippen LogP contribution is -2.66. The molecule has 0 aromatic heterocycles. The monoisotopic (exact) mass is 467 g/mol. The Balaban J connectivity index is 1.40. The van der Waals surface area contributed by atoms with Crippen LogP contribution in [0.4, 0.5) is 10.5 Å². The number of para-hydroxylation sites is 1. The Labute approximate surface area is 197 Å². The highest BCUT2D eigenvalue weighted by Gasteiger charge is 2.57. The zero-order valence-corrected chi connectivity index (χ0v) is 18.9. The van der Waals surface area contributed by atoms with Crippen LogP contribution < -0.4 is 10.2 Å². The van der Waals surface area contributed by atoms with Gasteiger partial charge in [0.25, 0.3) is 5.91 Å². The molecule has 2 aromatic rings. The van der Waals surface area contributed by atoms with Gasteiger partial charge in [-0.2, -0.15) is 0 Å². The Morgan fingerprint density at radius 2 is 1.76 bits per heavy atom. The molecule has 0 radical (unpaired) electrons. The standard InChI is InChI=1S/C25H26ClN3O4/c26-19-12-6-4-8-16(19)14-27-21(30)15-28-22-18-11-5-7-13-20(18)33-23(22)24(31)29(25(28)32)17-9-2-1-3-10-17/h1-4,6,8-10,12,18,20,22-23H,5,7,11,13-15H2,(H,27,30). The molecule has 2 saturated heterocycles. The molecule has 33 heavy (non-hydrogen) atoms. The number of nitrogens with zero attached hydrogens (tertiary/aromatic N) is 2. The predicted octanol–water partition coefficient (Wildman–Crippen LogP) is 3.75. The van der Waals surface area contributed by atoms with E-state index in [0.717, 1.165) is 36.1 Å². The van der Waals surface area contributed by atoms with Gasteiger partial charge in [-0.15, -0.1) is 0 Å². The molecule has 3 aliphatic rings. The summed E-state index contributed by atoms with van der Waals surface area (Å²) in [6.07, 6.45) is 3.02. The van der Waals surface area contributed by atoms with Crippen molar-refractivity contribution in [2.75, 3.05) is 11.4 Å². The maximum absolute atomic E-state index is 13.6. The second kappa shape index (κ2) is 9.15. The Hall–Kier alpha value is -2.90. The number of anilines is 1. The van der Waals surface area contributed by atoms with Crippen LogP contribution in [0.1, 0.15) is 31.2 Å². The first-order chi connectivity index (χ1) is 16.0. The minimum atomic E-state index is -0.757. The third-order valence-corrected chi connectivity index (χ3v) is 7.22. The van der Waals surface area contributed by atoms with Gasteiger partial charge in [-0.3, -0.25) is 9.59 Å². The van der Waals surface area contributed by atoms with Crippen molar-refractivity contribution >= 4 is 35.1 Å². The Morgan fingerprint density at radius 1 is 1.03 bits per heavy atom. The molecule has 2 heterocycles. The number of carbonyl (C=O) groups excluding carboxylic acids is 3. The first kappa shape index (κ1) is 21.9. The third kappa shape index (κ3) is 4.11. The van der Waals surface area contributed by atoms with Crippen molar-refractivity contribution in [3.8, 4) is 0 Å². The number of urea groups is 1. The van der Waals surface area contributed by atoms with Gasteiger partial charge < -0.3 is 15.0 Å². The molecule has 1 aliphatic carbocycles. The highest BCUT2D eigenvalue weighted by molar-refractivity contribution is 6.31. The van der Waals surface area contributed by atoms with E-state index >= 15 is 0 Å². The molecule has 8 heteroatoms. The van der Waals surface area contributed by atoms with E-state index in [9.17, 15) is 14.4 Å². The molecule has 3 fully saturated rings. The number of halogens is 1. The number of nitrogens with one attached hydrogen (secondary N) is 1. The highest BCUT2D eigenvalue weighted by atomic mass is 35.5. The van der Waals surface area contributed by atoms with Crippen molar-refractivity contribution in [3.63, 3.8) is 0 Å². The smallest absolute Gasteiger partial charge is 0.332 e. The summed E-state index contributed by atoms with van der Waals surface area (Å²) in [5.41, 5.74) is 1.28. The zero-order valence-electron chi connectivity index (χ0n) is 18.2. The van der Waals surface area contributed by atoms with Crippen molar-refractivity contribution < 1.29 is 19.1 Å². The van der Waals surface area contributed by atoms with Crippen LogP contribution in [0.3, 0.4) is 0 Å². The minimum Gasteiger partial charge on any atom is -0.363 e. The molecule has 4 amide bonds. The summed E-state index contributed by atoms with van der Waals surface area (Å²) in [4.78, 5) is 42.6. The van der Waals surface area contributed by atoms with E-state index < -0.39 is 18.2 Å². The summed E-state index contributed by atoms with van der Waals surface area (Å²) in [7, 11) is 0. The lowest BCUT2D eigenvalue weighted by atomic mass is 9.81. The van der Waals surface area contributed by atoms with Crippen molar-refractivity contribution in [1.82, 2.24) is 10.2 Å². The largest absolute Gasteiger partial charge is 0.363 e. The Morgan fingerprint density at radius 3 is 2.55 bits per heavy atom. The van der Waals surface area contributed by atoms with Gasteiger partial charge in [0.05, 0.1) is 17.8 Å². The molecule has 0 bridgehead atoms. The molecule has 4 atom stereocenters. The van der Waals surface area contributed by atoms with E-state index in [1.165, 1.54) is 4.90 Å². The van der Waals surface area contributed by atoms with Crippen LogP contribution >= 0.6 is 11.6 Å². The van der Waals surface area contributed by atoms with E-state index in [-0.39, 0.29) is 36.9 Å². The number of imide groups is 1. The molecule has 2 aromatic carbocycles. The lowest BCUT2D eigenvalue weighted by Gasteiger charge is -2.42. The number of amides is 4. The fraction of sp³-hybridized carbons (Fsp3) is 0.400. The molecular formula is C25H26ClN3O4. The number of hydrogen-bond acceptors (Lipinski definition) is 4. The van der Waals surface area contributed by atoms with Gasteiger partial charge in [-0.1, -0.05) is 60.8 Å². The summed E-state index contributed by atoms with van der Waals surface area (Å²) in [5, 5.41) is 3.44. The molecule has 1 saturated carbocycles. The second-order valence-corrected chi connectivity index (χ2v) is 9.23. The van der Waals surface area contributed by atoms with Crippen LogP contribution in [0.25, 0.3) is 0 Å². The highest BCUT2D eigenvalue weighted by Crippen LogP contribution is 2.43. The number of benzene rings is 2. The quantitative estimate of drug-likeness (QED) is 0.726. The summed E-state index contributed by atoms with van der Waals surface area (Å²) in [6, 6.07) is 15.2. The summed E-state index contributed by atoms with van der Waals surface area (Å²) >= 11 is 6.20. The molecular weight excluding hydrogens is 442 g/mol. The normalized spacial score (nSPS) is 26.7. The van der Waals surface area contributed by atoms with E-state index in [2.05, 4.69) is 5.32 Å². The van der Waals surface area contributed by atoms with Crippen molar-refractivity contribution in [2.45, 2.75) is 50.5 Å². The number of ether oxygens (including phenoxy) is 1. The fourth-order valence-electron chi connectivity index (χ4n) is 5.29. The molecule has 2 aliphatic heterocycles. The van der Waals surface area contributed by atoms with Crippen LogP contribution in [0, 0.1) is 5.92 Å². The van der Waals surface area contributed by atoms with Crippen molar-refractivity contribution in [2.24, 2.45) is 5.92 Å². The average molecular weight is 468 g/mol. The van der Waals surface area contributed by atoms with E-state index in [4.69, 9.17) is 16.3 Å². The minimum absolute atomic E-state index is 0.0603. The lowest BCUT2D eigenvalue weighted by molar-refractivity contribution is -0.134. The van der Waals surface area contributed by atoms with Crippen LogP contribution in [-0.4, -0.2) is 47.5 Å². The summed E-state index contributed by atoms with van der Waals surface area (Å²) < 4.78 is 6.20. The Bertz CT molecular complexity index is 1060. The molecule has 1 N–H and O–H groups in total. The summed E-state index contributed by atoms with van der Waals surface area (Å²) in [5.74, 6) is -0.590. The van der Waals surface area contributed by atoms with Crippen LogP contribution in [0.5, 0.6) is 0 Å².